The van der Waals surface area contributed by atoms with Crippen LogP contribution in [0.25, 0.3) is 11.0 Å². The van der Waals surface area contributed by atoms with Crippen LogP contribution in [0.2, 0.25) is 5.02 Å². The van der Waals surface area contributed by atoms with E-state index in [4.69, 9.17) is 21.3 Å². The lowest BCUT2D eigenvalue weighted by Gasteiger charge is -2.22. The fourth-order valence-electron chi connectivity index (χ4n) is 4.09. The van der Waals surface area contributed by atoms with Crippen LogP contribution in [0.15, 0.2) is 36.4 Å². The van der Waals surface area contributed by atoms with Crippen LogP contribution in [0, 0.1) is 12.8 Å². The number of imidazole rings is 1. The van der Waals surface area contributed by atoms with Gasteiger partial charge in [-0.15, -0.1) is 0 Å². The lowest BCUT2D eigenvalue weighted by Crippen LogP contribution is -2.29. The Morgan fingerprint density at radius 2 is 2.04 bits per heavy atom. The maximum atomic E-state index is 5.93. The minimum atomic E-state index is 0.419. The summed E-state index contributed by atoms with van der Waals surface area (Å²) in [6.07, 6.45) is 6.28. The summed E-state index contributed by atoms with van der Waals surface area (Å²) in [5, 5.41) is 4.23. The van der Waals surface area contributed by atoms with E-state index in [2.05, 4.69) is 29.4 Å². The van der Waals surface area contributed by atoms with Crippen LogP contribution in [0.4, 0.5) is 0 Å². The number of hydrogen-bond donors (Lipinski definition) is 2. The number of rotatable bonds is 7. The summed E-state index contributed by atoms with van der Waals surface area (Å²) in [6, 6.07) is 11.7. The number of aromatic nitrogens is 2. The second-order valence-corrected chi connectivity index (χ2v) is 8.22. The number of nitrogens with one attached hydrogen (secondary N) is 2. The lowest BCUT2D eigenvalue weighted by atomic mass is 9.92. The highest BCUT2D eigenvalue weighted by atomic mass is 35.5. The van der Waals surface area contributed by atoms with Gasteiger partial charge in [-0.05, 0) is 99.5 Å². The van der Waals surface area contributed by atoms with E-state index in [1.165, 1.54) is 49.9 Å². The molecule has 0 aliphatic carbocycles. The predicted molar refractivity (Wildman–Crippen MR) is 115 cm³/mol. The monoisotopic (exact) mass is 397 g/mol. The molecule has 5 heteroatoms. The van der Waals surface area contributed by atoms with Gasteiger partial charge < -0.3 is 15.0 Å². The summed E-state index contributed by atoms with van der Waals surface area (Å²) >= 11 is 5.93. The molecule has 0 radical (unpaired) electrons. The Kier molecular flexibility index (Phi) is 6.18. The number of aryl methyl sites for hydroxylation is 2. The second kappa shape index (κ2) is 8.97. The van der Waals surface area contributed by atoms with Gasteiger partial charge >= 0.3 is 0 Å². The summed E-state index contributed by atoms with van der Waals surface area (Å²) in [5.41, 5.74) is 4.88. The molecular formula is C23H28ClN3O. The number of H-pyrrole nitrogens is 1. The summed E-state index contributed by atoms with van der Waals surface area (Å²) < 4.78 is 5.85. The lowest BCUT2D eigenvalue weighted by molar-refractivity contribution is 0.297. The molecule has 1 aliphatic rings. The minimum absolute atomic E-state index is 0.419. The zero-order chi connectivity index (χ0) is 19.3. The van der Waals surface area contributed by atoms with Crippen molar-refractivity contribution in [2.75, 3.05) is 13.1 Å². The van der Waals surface area contributed by atoms with E-state index in [9.17, 15) is 0 Å². The summed E-state index contributed by atoms with van der Waals surface area (Å²) in [7, 11) is 0. The van der Waals surface area contributed by atoms with E-state index < -0.39 is 0 Å². The summed E-state index contributed by atoms with van der Waals surface area (Å²) in [5.74, 6) is 2.48. The molecule has 1 saturated heterocycles. The molecule has 1 unspecified atom stereocenters. The highest BCUT2D eigenvalue weighted by Crippen LogP contribution is 2.25. The SMILES string of the molecule is Cc1ccc2[nH]c(COc3ccc(Cl)cc3)nc2c1CCCC1CCCNC1. The van der Waals surface area contributed by atoms with Gasteiger partial charge in [0.2, 0.25) is 0 Å². The Balaban J connectivity index is 1.42. The standard InChI is InChI=1S/C23H28ClN3O/c1-16-7-12-21-23(20(16)6-2-4-17-5-3-13-25-14-17)27-22(26-21)15-28-19-10-8-18(24)9-11-19/h7-12,17,25H,2-6,13-15H2,1H3,(H,26,27). The minimum Gasteiger partial charge on any atom is -0.486 e. The van der Waals surface area contributed by atoms with Gasteiger partial charge in [-0.1, -0.05) is 17.7 Å². The molecule has 0 spiro atoms. The van der Waals surface area contributed by atoms with Crippen molar-refractivity contribution in [2.45, 2.75) is 45.6 Å². The Hall–Kier alpha value is -2.04. The Morgan fingerprint density at radius 3 is 2.82 bits per heavy atom. The molecule has 2 heterocycles. The van der Waals surface area contributed by atoms with E-state index >= 15 is 0 Å². The first-order valence-corrected chi connectivity index (χ1v) is 10.6. The van der Waals surface area contributed by atoms with Crippen molar-refractivity contribution in [3.05, 3.63) is 58.4 Å². The normalized spacial score (nSPS) is 17.1. The largest absolute Gasteiger partial charge is 0.486 e. The van der Waals surface area contributed by atoms with Crippen molar-refractivity contribution in [1.29, 1.82) is 0 Å². The molecule has 4 nitrogen and oxygen atoms in total. The molecule has 148 valence electrons. The highest BCUT2D eigenvalue weighted by Gasteiger charge is 2.14. The van der Waals surface area contributed by atoms with Crippen LogP contribution >= 0.6 is 11.6 Å². The number of benzene rings is 2. The Bertz CT molecular complexity index is 913. The molecule has 1 aliphatic heterocycles. The summed E-state index contributed by atoms with van der Waals surface area (Å²) in [4.78, 5) is 8.27. The third-order valence-corrected chi connectivity index (χ3v) is 5.92. The third-order valence-electron chi connectivity index (χ3n) is 5.67. The van der Waals surface area contributed by atoms with Crippen molar-refractivity contribution in [2.24, 2.45) is 5.92 Å². The van der Waals surface area contributed by atoms with E-state index in [0.29, 0.717) is 11.6 Å². The number of hydrogen-bond acceptors (Lipinski definition) is 3. The molecule has 3 aromatic rings. The van der Waals surface area contributed by atoms with Gasteiger partial charge in [0, 0.05) is 5.02 Å². The topological polar surface area (TPSA) is 49.9 Å². The molecule has 0 bridgehead atoms. The molecule has 0 amide bonds. The molecule has 28 heavy (non-hydrogen) atoms. The number of piperidine rings is 1. The van der Waals surface area contributed by atoms with E-state index in [1.807, 2.05) is 24.3 Å². The third kappa shape index (κ3) is 4.68. The quantitative estimate of drug-likeness (QED) is 0.559. The fraction of sp³-hybridized carbons (Fsp3) is 0.435. The van der Waals surface area contributed by atoms with E-state index in [0.717, 1.165) is 34.9 Å². The van der Waals surface area contributed by atoms with Crippen molar-refractivity contribution >= 4 is 22.6 Å². The van der Waals surface area contributed by atoms with Gasteiger partial charge in [-0.3, -0.25) is 0 Å². The molecule has 2 aromatic carbocycles. The molecule has 0 saturated carbocycles. The zero-order valence-corrected chi connectivity index (χ0v) is 17.2. The van der Waals surface area contributed by atoms with Crippen LogP contribution in [0.5, 0.6) is 5.75 Å². The van der Waals surface area contributed by atoms with Crippen molar-refractivity contribution in [3.63, 3.8) is 0 Å². The van der Waals surface area contributed by atoms with Crippen molar-refractivity contribution in [3.8, 4) is 5.75 Å². The molecule has 2 N–H and O–H groups in total. The van der Waals surface area contributed by atoms with Gasteiger partial charge in [0.15, 0.2) is 0 Å². The predicted octanol–water partition coefficient (Wildman–Crippen LogP) is 5.43. The first kappa shape index (κ1) is 19.3. The zero-order valence-electron chi connectivity index (χ0n) is 16.4. The average Bonchev–Trinajstić information content (AvgIpc) is 3.13. The highest BCUT2D eigenvalue weighted by molar-refractivity contribution is 6.30. The average molecular weight is 398 g/mol. The Labute approximate surface area is 171 Å². The van der Waals surface area contributed by atoms with Crippen LogP contribution < -0.4 is 10.1 Å². The number of ether oxygens (including phenoxy) is 1. The maximum Gasteiger partial charge on any atom is 0.146 e. The summed E-state index contributed by atoms with van der Waals surface area (Å²) in [6.45, 7) is 4.97. The van der Waals surface area contributed by atoms with Gasteiger partial charge in [-0.2, -0.15) is 0 Å². The Morgan fingerprint density at radius 1 is 1.18 bits per heavy atom. The first-order valence-electron chi connectivity index (χ1n) is 10.3. The van der Waals surface area contributed by atoms with E-state index in [-0.39, 0.29) is 0 Å². The molecule has 1 aromatic heterocycles. The molecule has 1 atom stereocenters. The van der Waals surface area contributed by atoms with Crippen LogP contribution in [-0.4, -0.2) is 23.1 Å². The first-order chi connectivity index (χ1) is 13.7. The second-order valence-electron chi connectivity index (χ2n) is 7.79. The van der Waals surface area contributed by atoms with Gasteiger partial charge in [0.1, 0.15) is 18.2 Å². The fourth-order valence-corrected chi connectivity index (χ4v) is 4.21. The molecular weight excluding hydrogens is 370 g/mol. The van der Waals surface area contributed by atoms with E-state index in [1.54, 1.807) is 0 Å². The van der Waals surface area contributed by atoms with Crippen molar-refractivity contribution in [1.82, 2.24) is 15.3 Å². The number of aromatic amines is 1. The number of nitrogens with zero attached hydrogens (tertiary/aromatic N) is 1. The maximum absolute atomic E-state index is 5.93. The van der Waals surface area contributed by atoms with Gasteiger partial charge in [0.05, 0.1) is 11.0 Å². The smallest absolute Gasteiger partial charge is 0.146 e. The van der Waals surface area contributed by atoms with Crippen LogP contribution in [0.1, 0.15) is 42.6 Å². The molecule has 1 fully saturated rings. The number of fused-ring (bicyclic) bond motifs is 1. The molecule has 4 rings (SSSR count). The van der Waals surface area contributed by atoms with Crippen LogP contribution in [0.3, 0.4) is 0 Å². The number of halogens is 1. The van der Waals surface area contributed by atoms with Gasteiger partial charge in [0.25, 0.3) is 0 Å². The van der Waals surface area contributed by atoms with Gasteiger partial charge in [-0.25, -0.2) is 4.98 Å². The van der Waals surface area contributed by atoms with Crippen molar-refractivity contribution < 1.29 is 4.74 Å². The van der Waals surface area contributed by atoms with Crippen LogP contribution in [-0.2, 0) is 13.0 Å².